The fraction of sp³-hybridized carbons (Fsp3) is 0.667. The van der Waals surface area contributed by atoms with Crippen molar-refractivity contribution >= 4 is 22.6 Å². The summed E-state index contributed by atoms with van der Waals surface area (Å²) in [7, 11) is 1.46. The summed E-state index contributed by atoms with van der Waals surface area (Å²) in [6.07, 6.45) is 2.75. The fourth-order valence-corrected chi connectivity index (χ4v) is 5.57. The first-order valence-electron chi connectivity index (χ1n) is 12.9. The minimum absolute atomic E-state index is 0.287. The van der Waals surface area contributed by atoms with Gasteiger partial charge in [-0.2, -0.15) is 0 Å². The fourth-order valence-electron chi connectivity index (χ4n) is 5.57. The van der Waals surface area contributed by atoms with Crippen LogP contribution in [0.25, 0.3) is 11.0 Å². The van der Waals surface area contributed by atoms with Gasteiger partial charge in [-0.25, -0.2) is 4.79 Å². The lowest BCUT2D eigenvalue weighted by Crippen LogP contribution is -2.48. The normalized spacial score (nSPS) is 18.6. The predicted molar refractivity (Wildman–Crippen MR) is 136 cm³/mol. The molecule has 7 nitrogen and oxygen atoms in total. The third-order valence-electron chi connectivity index (χ3n) is 7.50. The summed E-state index contributed by atoms with van der Waals surface area (Å²) in [6, 6.07) is 5.20. The molecule has 1 aromatic carbocycles. The number of carbonyl (C=O) groups is 1. The van der Waals surface area contributed by atoms with Gasteiger partial charge in [-0.05, 0) is 51.7 Å². The van der Waals surface area contributed by atoms with Crippen molar-refractivity contribution in [3.05, 3.63) is 29.0 Å². The van der Waals surface area contributed by atoms with Crippen LogP contribution >= 0.6 is 0 Å². The molecular formula is C27H41N3O4. The standard InChI is InChI=1S/C27H41N3O4/c1-6-22-24(30(7-2)20-8-14-33-15-9-20)17-25-23(26(22)27(31)32-5)16-21(34-25)18-28-10-12-29(13-11-28)19(3)4/h16-17,19-20H,6-15,18H2,1-5H3. The molecule has 3 heterocycles. The van der Waals surface area contributed by atoms with Crippen molar-refractivity contribution in [3.63, 3.8) is 0 Å². The van der Waals surface area contributed by atoms with Crippen LogP contribution in [0, 0.1) is 0 Å². The maximum absolute atomic E-state index is 13.0. The van der Waals surface area contributed by atoms with Gasteiger partial charge in [0.25, 0.3) is 0 Å². The number of benzene rings is 1. The summed E-state index contributed by atoms with van der Waals surface area (Å²) in [6.45, 7) is 16.2. The van der Waals surface area contributed by atoms with Crippen LogP contribution in [0.3, 0.4) is 0 Å². The molecule has 7 heteroatoms. The minimum Gasteiger partial charge on any atom is -0.465 e. The molecule has 2 fully saturated rings. The Balaban J connectivity index is 1.69. The molecule has 2 aliphatic heterocycles. The van der Waals surface area contributed by atoms with Gasteiger partial charge in [0.2, 0.25) is 0 Å². The Morgan fingerprint density at radius 2 is 1.85 bits per heavy atom. The van der Waals surface area contributed by atoms with Crippen molar-refractivity contribution in [2.45, 2.75) is 65.6 Å². The van der Waals surface area contributed by atoms with Crippen LogP contribution < -0.4 is 4.90 Å². The minimum atomic E-state index is -0.287. The number of rotatable bonds is 8. The Kier molecular flexibility index (Phi) is 8.17. The van der Waals surface area contributed by atoms with Gasteiger partial charge in [0.15, 0.2) is 0 Å². The number of anilines is 1. The van der Waals surface area contributed by atoms with Crippen LogP contribution in [-0.4, -0.2) is 80.9 Å². The van der Waals surface area contributed by atoms with Crippen molar-refractivity contribution < 1.29 is 18.7 Å². The zero-order chi connectivity index (χ0) is 24.2. The van der Waals surface area contributed by atoms with Crippen molar-refractivity contribution in [1.29, 1.82) is 0 Å². The van der Waals surface area contributed by atoms with Crippen molar-refractivity contribution in [3.8, 4) is 0 Å². The van der Waals surface area contributed by atoms with Crippen molar-refractivity contribution in [1.82, 2.24) is 9.80 Å². The molecule has 0 saturated carbocycles. The van der Waals surface area contributed by atoms with Gasteiger partial charge in [-0.15, -0.1) is 0 Å². The number of methoxy groups -OCH3 is 1. The van der Waals surface area contributed by atoms with Gasteiger partial charge in [-0.1, -0.05) is 6.92 Å². The van der Waals surface area contributed by atoms with Gasteiger partial charge in [0.05, 0.1) is 19.2 Å². The highest BCUT2D eigenvalue weighted by molar-refractivity contribution is 6.07. The molecular weight excluding hydrogens is 430 g/mol. The van der Waals surface area contributed by atoms with Crippen LogP contribution in [0.15, 0.2) is 16.5 Å². The van der Waals surface area contributed by atoms with Crippen LogP contribution in [0.5, 0.6) is 0 Å². The number of hydrogen-bond acceptors (Lipinski definition) is 7. The first-order valence-corrected chi connectivity index (χ1v) is 12.9. The largest absolute Gasteiger partial charge is 0.465 e. The lowest BCUT2D eigenvalue weighted by Gasteiger charge is -2.36. The highest BCUT2D eigenvalue weighted by atomic mass is 16.5. The van der Waals surface area contributed by atoms with Crippen LogP contribution in [0.1, 0.15) is 62.2 Å². The number of nitrogens with zero attached hydrogens (tertiary/aromatic N) is 3. The Morgan fingerprint density at radius 3 is 2.44 bits per heavy atom. The van der Waals surface area contributed by atoms with Gasteiger partial charge in [0, 0.05) is 75.2 Å². The first-order chi connectivity index (χ1) is 16.5. The molecule has 34 heavy (non-hydrogen) atoms. The smallest absolute Gasteiger partial charge is 0.338 e. The Morgan fingerprint density at radius 1 is 1.15 bits per heavy atom. The van der Waals surface area contributed by atoms with E-state index in [0.29, 0.717) is 17.6 Å². The molecule has 0 bridgehead atoms. The van der Waals surface area contributed by atoms with Gasteiger partial charge in [0.1, 0.15) is 11.3 Å². The summed E-state index contributed by atoms with van der Waals surface area (Å²) in [5, 5.41) is 0.867. The summed E-state index contributed by atoms with van der Waals surface area (Å²) in [5.41, 5.74) is 3.57. The second kappa shape index (κ2) is 11.1. The molecule has 4 rings (SSSR count). The van der Waals surface area contributed by atoms with Gasteiger partial charge in [-0.3, -0.25) is 9.80 Å². The third-order valence-corrected chi connectivity index (χ3v) is 7.50. The molecule has 0 N–H and O–H groups in total. The van der Waals surface area contributed by atoms with E-state index in [2.05, 4.69) is 54.5 Å². The molecule has 0 radical (unpaired) electrons. The topological polar surface area (TPSA) is 58.4 Å². The molecule has 1 aromatic heterocycles. The number of furan rings is 1. The van der Waals surface area contributed by atoms with Crippen molar-refractivity contribution in [2.75, 3.05) is 57.9 Å². The van der Waals surface area contributed by atoms with Crippen molar-refractivity contribution in [2.24, 2.45) is 0 Å². The lowest BCUT2D eigenvalue weighted by atomic mass is 9.96. The number of hydrogen-bond donors (Lipinski definition) is 0. The highest BCUT2D eigenvalue weighted by Gasteiger charge is 2.28. The monoisotopic (exact) mass is 471 g/mol. The molecule has 0 unspecified atom stereocenters. The molecule has 0 spiro atoms. The van der Waals surface area contributed by atoms with Crippen LogP contribution in [-0.2, 0) is 22.4 Å². The Labute approximate surface area is 203 Å². The van der Waals surface area contributed by atoms with E-state index in [0.717, 1.165) is 99.7 Å². The molecule has 0 amide bonds. The van der Waals surface area contributed by atoms with Crippen LogP contribution in [0.4, 0.5) is 5.69 Å². The lowest BCUT2D eigenvalue weighted by molar-refractivity contribution is 0.0601. The summed E-state index contributed by atoms with van der Waals surface area (Å²) < 4.78 is 17.3. The van der Waals surface area contributed by atoms with E-state index in [1.54, 1.807) is 0 Å². The second-order valence-corrected chi connectivity index (χ2v) is 9.75. The highest BCUT2D eigenvalue weighted by Crippen LogP contribution is 2.37. The van der Waals surface area contributed by atoms with Crippen LogP contribution in [0.2, 0.25) is 0 Å². The first kappa shape index (κ1) is 25.0. The number of carbonyl (C=O) groups excluding carboxylic acids is 1. The van der Waals surface area contributed by atoms with E-state index >= 15 is 0 Å². The molecule has 2 aromatic rings. The van der Waals surface area contributed by atoms with E-state index < -0.39 is 0 Å². The van der Waals surface area contributed by atoms with Gasteiger partial charge >= 0.3 is 5.97 Å². The molecule has 188 valence electrons. The molecule has 0 aliphatic carbocycles. The zero-order valence-corrected chi connectivity index (χ0v) is 21.6. The second-order valence-electron chi connectivity index (χ2n) is 9.75. The number of ether oxygens (including phenoxy) is 2. The van der Waals surface area contributed by atoms with E-state index in [1.165, 1.54) is 7.11 Å². The quantitative estimate of drug-likeness (QED) is 0.532. The maximum Gasteiger partial charge on any atom is 0.338 e. The van der Waals surface area contributed by atoms with E-state index in [4.69, 9.17) is 13.9 Å². The predicted octanol–water partition coefficient (Wildman–Crippen LogP) is 4.31. The molecule has 2 aliphatic rings. The van der Waals surface area contributed by atoms with Gasteiger partial charge < -0.3 is 18.8 Å². The third kappa shape index (κ3) is 5.11. The zero-order valence-electron chi connectivity index (χ0n) is 21.6. The van der Waals surface area contributed by atoms with E-state index in [-0.39, 0.29) is 5.97 Å². The maximum atomic E-state index is 13.0. The molecule has 0 atom stereocenters. The number of piperazine rings is 1. The summed E-state index contributed by atoms with van der Waals surface area (Å²) >= 11 is 0. The van der Waals surface area contributed by atoms with E-state index in [1.807, 2.05) is 0 Å². The SMILES string of the molecule is CCc1c(N(CC)C2CCOCC2)cc2oc(CN3CCN(C(C)C)CC3)cc2c1C(=O)OC. The molecule has 2 saturated heterocycles. The Bertz CT molecular complexity index is 972. The summed E-state index contributed by atoms with van der Waals surface area (Å²) in [5.74, 6) is 0.621. The average molecular weight is 472 g/mol. The number of esters is 1. The summed E-state index contributed by atoms with van der Waals surface area (Å²) in [4.78, 5) is 20.4. The Hall–Kier alpha value is -2.09. The average Bonchev–Trinajstić information content (AvgIpc) is 3.26. The van der Waals surface area contributed by atoms with E-state index in [9.17, 15) is 4.79 Å². The number of fused-ring (bicyclic) bond motifs is 1.